The Balaban J connectivity index is 0.00000231. The summed E-state index contributed by atoms with van der Waals surface area (Å²) in [5, 5.41) is 4.64. The zero-order valence-electron chi connectivity index (χ0n) is 17.4. The number of hydrogen-bond donors (Lipinski definition) is 1. The Bertz CT molecular complexity index is 1260. The second kappa shape index (κ2) is 8.96. The van der Waals surface area contributed by atoms with Crippen molar-refractivity contribution in [1.29, 1.82) is 0 Å². The quantitative estimate of drug-likeness (QED) is 0.529. The van der Waals surface area contributed by atoms with Gasteiger partial charge in [-0.1, -0.05) is 30.3 Å². The number of fused-ring (bicyclic) bond motifs is 3. The molecule has 0 fully saturated rings. The van der Waals surface area contributed by atoms with E-state index in [0.29, 0.717) is 18.2 Å². The van der Waals surface area contributed by atoms with Crippen molar-refractivity contribution in [3.05, 3.63) is 88.0 Å². The lowest BCUT2D eigenvalue weighted by molar-refractivity contribution is 0.305. The normalized spacial score (nSPS) is 13.3. The van der Waals surface area contributed by atoms with Crippen LogP contribution in [0, 0.1) is 0 Å². The van der Waals surface area contributed by atoms with Gasteiger partial charge in [0.15, 0.2) is 0 Å². The molecule has 160 valence electrons. The highest BCUT2D eigenvalue weighted by Gasteiger charge is 2.18. The molecular weight excluding hydrogens is 412 g/mol. The highest BCUT2D eigenvalue weighted by atomic mass is 35.5. The van der Waals surface area contributed by atoms with Crippen molar-refractivity contribution in [3.8, 4) is 11.6 Å². The van der Waals surface area contributed by atoms with Crippen molar-refractivity contribution < 1.29 is 4.74 Å². The first kappa shape index (κ1) is 21.2. The molecule has 0 amide bonds. The van der Waals surface area contributed by atoms with Crippen LogP contribution in [-0.4, -0.2) is 20.7 Å². The number of halogens is 1. The number of hydrogen-bond acceptors (Lipinski definition) is 4. The van der Waals surface area contributed by atoms with Crippen LogP contribution in [0.15, 0.2) is 65.6 Å². The lowest BCUT2D eigenvalue weighted by Crippen LogP contribution is -2.18. The standard InChI is InChI=1S/C24H24N4O2.ClH/c1-27-21-8-5-12-25-15-20(21)19-9-10-22(26-24(19)27)28-13-11-18(14-23(28)29)30-16-17-6-3-2-4-7-17;/h2-4,6-7,9-11,13-14,25H,5,8,12,15-16H2,1H3;1H. The maximum Gasteiger partial charge on any atom is 0.259 e. The van der Waals surface area contributed by atoms with Gasteiger partial charge in [-0.25, -0.2) is 4.98 Å². The van der Waals surface area contributed by atoms with Gasteiger partial charge in [0, 0.05) is 36.9 Å². The first-order chi connectivity index (χ1) is 14.7. The summed E-state index contributed by atoms with van der Waals surface area (Å²) in [6.07, 6.45) is 3.89. The average Bonchev–Trinajstić information content (AvgIpc) is 2.92. The zero-order valence-corrected chi connectivity index (χ0v) is 18.2. The monoisotopic (exact) mass is 436 g/mol. The molecule has 31 heavy (non-hydrogen) atoms. The van der Waals surface area contributed by atoms with E-state index < -0.39 is 0 Å². The Hall–Kier alpha value is -3.09. The number of nitrogens with one attached hydrogen (secondary N) is 1. The maximum absolute atomic E-state index is 12.7. The van der Waals surface area contributed by atoms with Crippen molar-refractivity contribution in [1.82, 2.24) is 19.4 Å². The van der Waals surface area contributed by atoms with Crippen LogP contribution < -0.4 is 15.6 Å². The summed E-state index contributed by atoms with van der Waals surface area (Å²) in [6.45, 7) is 2.33. The van der Waals surface area contributed by atoms with E-state index in [0.717, 1.165) is 42.5 Å². The van der Waals surface area contributed by atoms with Crippen LogP contribution >= 0.6 is 12.4 Å². The summed E-state index contributed by atoms with van der Waals surface area (Å²) in [4.78, 5) is 17.6. The van der Waals surface area contributed by atoms with Crippen LogP contribution in [-0.2, 0) is 26.6 Å². The van der Waals surface area contributed by atoms with E-state index in [1.54, 1.807) is 16.8 Å². The molecule has 0 saturated heterocycles. The summed E-state index contributed by atoms with van der Waals surface area (Å²) in [5.74, 6) is 1.17. The van der Waals surface area contributed by atoms with Gasteiger partial charge in [0.2, 0.25) is 0 Å². The average molecular weight is 437 g/mol. The molecule has 4 aromatic rings. The van der Waals surface area contributed by atoms with Crippen molar-refractivity contribution in [2.24, 2.45) is 7.05 Å². The van der Waals surface area contributed by atoms with Gasteiger partial charge in [-0.15, -0.1) is 12.4 Å². The van der Waals surface area contributed by atoms with Crippen LogP contribution in [0.3, 0.4) is 0 Å². The van der Waals surface area contributed by atoms with E-state index >= 15 is 0 Å². The van der Waals surface area contributed by atoms with Crippen LogP contribution in [0.5, 0.6) is 5.75 Å². The third-order valence-electron chi connectivity index (χ3n) is 5.71. The van der Waals surface area contributed by atoms with E-state index in [2.05, 4.69) is 23.0 Å². The van der Waals surface area contributed by atoms with Crippen molar-refractivity contribution in [2.75, 3.05) is 6.54 Å². The highest BCUT2D eigenvalue weighted by Crippen LogP contribution is 2.27. The predicted molar refractivity (Wildman–Crippen MR) is 124 cm³/mol. The molecule has 5 rings (SSSR count). The lowest BCUT2D eigenvalue weighted by Gasteiger charge is -2.09. The van der Waals surface area contributed by atoms with Gasteiger partial charge < -0.3 is 14.6 Å². The number of nitrogens with zero attached hydrogens (tertiary/aromatic N) is 3. The van der Waals surface area contributed by atoms with E-state index in [1.807, 2.05) is 36.4 Å². The molecule has 0 spiro atoms. The van der Waals surface area contributed by atoms with Crippen LogP contribution in [0.2, 0.25) is 0 Å². The zero-order chi connectivity index (χ0) is 20.5. The first-order valence-electron chi connectivity index (χ1n) is 10.3. The molecule has 0 atom stereocenters. The van der Waals surface area contributed by atoms with Gasteiger partial charge in [0.1, 0.15) is 23.8 Å². The number of benzene rings is 1. The fourth-order valence-electron chi connectivity index (χ4n) is 4.14. The fourth-order valence-corrected chi connectivity index (χ4v) is 4.14. The van der Waals surface area contributed by atoms with Gasteiger partial charge in [0.05, 0.1) is 0 Å². The molecule has 0 aliphatic carbocycles. The van der Waals surface area contributed by atoms with Gasteiger partial charge in [-0.2, -0.15) is 0 Å². The third kappa shape index (κ3) is 4.09. The molecule has 0 unspecified atom stereocenters. The minimum Gasteiger partial charge on any atom is -0.489 e. The molecule has 1 aliphatic heterocycles. The Kier molecular flexibility index (Phi) is 6.11. The molecule has 4 heterocycles. The van der Waals surface area contributed by atoms with Crippen LogP contribution in [0.4, 0.5) is 0 Å². The highest BCUT2D eigenvalue weighted by molar-refractivity contribution is 5.85. The van der Waals surface area contributed by atoms with E-state index in [1.165, 1.54) is 17.3 Å². The van der Waals surface area contributed by atoms with Crippen molar-refractivity contribution >= 4 is 23.4 Å². The van der Waals surface area contributed by atoms with Crippen molar-refractivity contribution in [3.63, 3.8) is 0 Å². The smallest absolute Gasteiger partial charge is 0.259 e. The molecule has 6 nitrogen and oxygen atoms in total. The number of pyridine rings is 2. The summed E-state index contributed by atoms with van der Waals surface area (Å²) >= 11 is 0. The van der Waals surface area contributed by atoms with Crippen LogP contribution in [0.1, 0.15) is 23.2 Å². The van der Waals surface area contributed by atoms with E-state index in [4.69, 9.17) is 9.72 Å². The number of aromatic nitrogens is 3. The summed E-state index contributed by atoms with van der Waals surface area (Å²) in [6, 6.07) is 17.2. The second-order valence-corrected chi connectivity index (χ2v) is 7.65. The fraction of sp³-hybridized carbons (Fsp3) is 0.250. The molecule has 0 radical (unpaired) electrons. The molecule has 0 bridgehead atoms. The van der Waals surface area contributed by atoms with Gasteiger partial charge in [-0.05, 0) is 48.7 Å². The minimum absolute atomic E-state index is 0. The molecule has 7 heteroatoms. The molecule has 1 aromatic carbocycles. The largest absolute Gasteiger partial charge is 0.489 e. The van der Waals surface area contributed by atoms with Gasteiger partial charge >= 0.3 is 0 Å². The molecule has 3 aromatic heterocycles. The van der Waals surface area contributed by atoms with Gasteiger partial charge in [0.25, 0.3) is 5.56 Å². The molecular formula is C24H25ClN4O2. The Morgan fingerprint density at radius 2 is 1.97 bits per heavy atom. The maximum atomic E-state index is 12.7. The Morgan fingerprint density at radius 1 is 1.13 bits per heavy atom. The van der Waals surface area contributed by atoms with Crippen LogP contribution in [0.25, 0.3) is 16.9 Å². The SMILES string of the molecule is Cl.Cn1c2c(c3ccc(-n4ccc(OCc5ccccc5)cc4=O)nc31)CNCCC2. The summed E-state index contributed by atoms with van der Waals surface area (Å²) in [7, 11) is 2.06. The minimum atomic E-state index is -0.162. The molecule has 1 aliphatic rings. The number of aryl methyl sites for hydroxylation is 1. The summed E-state index contributed by atoms with van der Waals surface area (Å²) in [5.41, 5.74) is 4.46. The first-order valence-corrected chi connectivity index (χ1v) is 10.3. The predicted octanol–water partition coefficient (Wildman–Crippen LogP) is 3.76. The Labute approximate surface area is 186 Å². The van der Waals surface area contributed by atoms with Crippen molar-refractivity contribution in [2.45, 2.75) is 26.0 Å². The van der Waals surface area contributed by atoms with E-state index in [-0.39, 0.29) is 18.0 Å². The molecule has 0 saturated carbocycles. The topological polar surface area (TPSA) is 61.1 Å². The number of ether oxygens (including phenoxy) is 1. The molecule has 1 N–H and O–H groups in total. The summed E-state index contributed by atoms with van der Waals surface area (Å²) < 4.78 is 9.51. The Morgan fingerprint density at radius 3 is 2.77 bits per heavy atom. The van der Waals surface area contributed by atoms with E-state index in [9.17, 15) is 4.79 Å². The lowest BCUT2D eigenvalue weighted by atomic mass is 10.1. The third-order valence-corrected chi connectivity index (χ3v) is 5.71. The number of rotatable bonds is 4. The van der Waals surface area contributed by atoms with Gasteiger partial charge in [-0.3, -0.25) is 9.36 Å². The second-order valence-electron chi connectivity index (χ2n) is 7.65.